The molecule has 0 aliphatic rings. The van der Waals surface area contributed by atoms with Crippen LogP contribution in [0.5, 0.6) is 5.75 Å². The topological polar surface area (TPSA) is 9.23 Å². The van der Waals surface area contributed by atoms with E-state index in [-0.39, 0.29) is 11.2 Å². The van der Waals surface area contributed by atoms with Crippen molar-refractivity contribution in [1.82, 2.24) is 0 Å². The molecule has 0 heterocycles. The summed E-state index contributed by atoms with van der Waals surface area (Å²) < 4.78 is 39.9. The van der Waals surface area contributed by atoms with Crippen LogP contribution in [-0.4, -0.2) is 6.36 Å². The summed E-state index contributed by atoms with van der Waals surface area (Å²) in [5.41, 5.74) is 0.669. The standard InChI is InChI=1S/C13H15F3O/c1-12(2,3)8-7-10-5-4-6-11(9-10)17-13(14,15)16/h4-9H,1-3H3/b8-7+. The molecule has 0 aromatic heterocycles. The maximum Gasteiger partial charge on any atom is 0.573 e. The van der Waals surface area contributed by atoms with Crippen molar-refractivity contribution in [1.29, 1.82) is 0 Å². The molecule has 0 atom stereocenters. The molecule has 0 saturated heterocycles. The van der Waals surface area contributed by atoms with Gasteiger partial charge in [0.1, 0.15) is 5.75 Å². The van der Waals surface area contributed by atoms with Gasteiger partial charge in [0.25, 0.3) is 0 Å². The minimum Gasteiger partial charge on any atom is -0.406 e. The van der Waals surface area contributed by atoms with Crippen molar-refractivity contribution in [2.24, 2.45) is 5.41 Å². The summed E-state index contributed by atoms with van der Waals surface area (Å²) in [5, 5.41) is 0. The zero-order chi connectivity index (χ0) is 13.1. The molecule has 0 radical (unpaired) electrons. The van der Waals surface area contributed by atoms with Crippen LogP contribution >= 0.6 is 0 Å². The molecule has 0 fully saturated rings. The first kappa shape index (κ1) is 13.6. The lowest BCUT2D eigenvalue weighted by Gasteiger charge is -2.12. The Bertz CT molecular complexity index is 400. The van der Waals surface area contributed by atoms with Crippen LogP contribution in [-0.2, 0) is 0 Å². The molecule has 1 rings (SSSR count). The van der Waals surface area contributed by atoms with E-state index < -0.39 is 6.36 Å². The second kappa shape index (κ2) is 4.82. The van der Waals surface area contributed by atoms with E-state index in [9.17, 15) is 13.2 Å². The van der Waals surface area contributed by atoms with E-state index in [4.69, 9.17) is 0 Å². The third-order valence-corrected chi connectivity index (χ3v) is 1.87. The number of hydrogen-bond acceptors (Lipinski definition) is 1. The van der Waals surface area contributed by atoms with Gasteiger partial charge < -0.3 is 4.74 Å². The Hall–Kier alpha value is -1.45. The smallest absolute Gasteiger partial charge is 0.406 e. The van der Waals surface area contributed by atoms with Gasteiger partial charge in [-0.05, 0) is 23.1 Å². The number of allylic oxidation sites excluding steroid dienone is 1. The predicted octanol–water partition coefficient (Wildman–Crippen LogP) is 4.64. The molecule has 0 spiro atoms. The number of ether oxygens (including phenoxy) is 1. The van der Waals surface area contributed by atoms with E-state index in [0.717, 1.165) is 0 Å². The fourth-order valence-corrected chi connectivity index (χ4v) is 1.16. The van der Waals surface area contributed by atoms with E-state index in [0.29, 0.717) is 5.56 Å². The zero-order valence-electron chi connectivity index (χ0n) is 10.0. The molecule has 0 N–H and O–H groups in total. The van der Waals surface area contributed by atoms with Crippen molar-refractivity contribution in [3.63, 3.8) is 0 Å². The monoisotopic (exact) mass is 244 g/mol. The largest absolute Gasteiger partial charge is 0.573 e. The summed E-state index contributed by atoms with van der Waals surface area (Å²) in [4.78, 5) is 0. The Morgan fingerprint density at radius 1 is 1.12 bits per heavy atom. The van der Waals surface area contributed by atoms with Crippen molar-refractivity contribution in [2.45, 2.75) is 27.1 Å². The maximum absolute atomic E-state index is 12.0. The summed E-state index contributed by atoms with van der Waals surface area (Å²) in [6, 6.07) is 5.90. The van der Waals surface area contributed by atoms with Crippen LogP contribution in [0.3, 0.4) is 0 Å². The van der Waals surface area contributed by atoms with Crippen LogP contribution < -0.4 is 4.74 Å². The average Bonchev–Trinajstić information content (AvgIpc) is 2.11. The molecule has 0 aliphatic heterocycles. The highest BCUT2D eigenvalue weighted by molar-refractivity contribution is 5.52. The highest BCUT2D eigenvalue weighted by Gasteiger charge is 2.30. The molecule has 0 bridgehead atoms. The molecule has 0 aliphatic carbocycles. The van der Waals surface area contributed by atoms with Gasteiger partial charge in [0.2, 0.25) is 0 Å². The van der Waals surface area contributed by atoms with Gasteiger partial charge in [0, 0.05) is 0 Å². The fourth-order valence-electron chi connectivity index (χ4n) is 1.16. The van der Waals surface area contributed by atoms with E-state index in [1.54, 1.807) is 12.1 Å². The van der Waals surface area contributed by atoms with Crippen molar-refractivity contribution >= 4 is 6.08 Å². The number of benzene rings is 1. The maximum atomic E-state index is 12.0. The summed E-state index contributed by atoms with van der Waals surface area (Å²) in [5.74, 6) is -0.200. The lowest BCUT2D eigenvalue weighted by atomic mass is 9.95. The van der Waals surface area contributed by atoms with Gasteiger partial charge in [-0.15, -0.1) is 13.2 Å². The van der Waals surface area contributed by atoms with Crippen molar-refractivity contribution < 1.29 is 17.9 Å². The second-order valence-corrected chi connectivity index (χ2v) is 4.82. The van der Waals surface area contributed by atoms with Crippen molar-refractivity contribution in [2.75, 3.05) is 0 Å². The average molecular weight is 244 g/mol. The molecule has 17 heavy (non-hydrogen) atoms. The first-order valence-corrected chi connectivity index (χ1v) is 5.21. The number of halogens is 3. The van der Waals surface area contributed by atoms with Crippen LogP contribution in [0.15, 0.2) is 30.3 Å². The Morgan fingerprint density at radius 3 is 2.29 bits per heavy atom. The van der Waals surface area contributed by atoms with Crippen LogP contribution in [0.2, 0.25) is 0 Å². The summed E-state index contributed by atoms with van der Waals surface area (Å²) in [6.45, 7) is 6.04. The number of rotatable bonds is 2. The zero-order valence-corrected chi connectivity index (χ0v) is 10.0. The molecule has 1 nitrogen and oxygen atoms in total. The molecular formula is C13H15F3O. The van der Waals surface area contributed by atoms with Crippen LogP contribution in [0, 0.1) is 5.41 Å². The van der Waals surface area contributed by atoms with Gasteiger partial charge >= 0.3 is 6.36 Å². The van der Waals surface area contributed by atoms with Crippen molar-refractivity contribution in [3.8, 4) is 5.75 Å². The molecule has 94 valence electrons. The van der Waals surface area contributed by atoms with Gasteiger partial charge in [-0.1, -0.05) is 45.1 Å². The molecule has 1 aromatic carbocycles. The van der Waals surface area contributed by atoms with E-state index in [1.807, 2.05) is 26.8 Å². The molecule has 0 saturated carbocycles. The highest BCUT2D eigenvalue weighted by atomic mass is 19.4. The van der Waals surface area contributed by atoms with Crippen LogP contribution in [0.25, 0.3) is 6.08 Å². The number of hydrogen-bond donors (Lipinski definition) is 0. The highest BCUT2D eigenvalue weighted by Crippen LogP contribution is 2.24. The molecular weight excluding hydrogens is 229 g/mol. The van der Waals surface area contributed by atoms with Crippen LogP contribution in [0.1, 0.15) is 26.3 Å². The second-order valence-electron chi connectivity index (χ2n) is 4.82. The lowest BCUT2D eigenvalue weighted by Crippen LogP contribution is -2.17. The Labute approximate surface area is 98.9 Å². The molecule has 1 aromatic rings. The van der Waals surface area contributed by atoms with Gasteiger partial charge in [0.15, 0.2) is 0 Å². The SMILES string of the molecule is CC(C)(C)/C=C/c1cccc(OC(F)(F)F)c1. The Morgan fingerprint density at radius 2 is 1.76 bits per heavy atom. The Kier molecular flexibility index (Phi) is 3.86. The third-order valence-electron chi connectivity index (χ3n) is 1.87. The van der Waals surface area contributed by atoms with Crippen molar-refractivity contribution in [3.05, 3.63) is 35.9 Å². The van der Waals surface area contributed by atoms with Gasteiger partial charge in [-0.2, -0.15) is 0 Å². The van der Waals surface area contributed by atoms with E-state index in [1.165, 1.54) is 18.2 Å². The molecule has 0 unspecified atom stereocenters. The fraction of sp³-hybridized carbons (Fsp3) is 0.385. The van der Waals surface area contributed by atoms with Gasteiger partial charge in [-0.25, -0.2) is 0 Å². The van der Waals surface area contributed by atoms with E-state index >= 15 is 0 Å². The summed E-state index contributed by atoms with van der Waals surface area (Å²) in [7, 11) is 0. The minimum absolute atomic E-state index is 0.0130. The minimum atomic E-state index is -4.65. The third kappa shape index (κ3) is 6.00. The number of alkyl halides is 3. The first-order chi connectivity index (χ1) is 7.66. The van der Waals surface area contributed by atoms with Crippen LogP contribution in [0.4, 0.5) is 13.2 Å². The molecule has 4 heteroatoms. The van der Waals surface area contributed by atoms with Gasteiger partial charge in [-0.3, -0.25) is 0 Å². The molecule has 0 amide bonds. The summed E-state index contributed by atoms with van der Waals surface area (Å²) >= 11 is 0. The van der Waals surface area contributed by atoms with E-state index in [2.05, 4.69) is 4.74 Å². The normalized spacial score (nSPS) is 13.1. The summed E-state index contributed by atoms with van der Waals surface area (Å²) in [6.07, 6.45) is -0.935. The lowest BCUT2D eigenvalue weighted by molar-refractivity contribution is -0.274. The first-order valence-electron chi connectivity index (χ1n) is 5.21. The quantitative estimate of drug-likeness (QED) is 0.736. The van der Waals surface area contributed by atoms with Gasteiger partial charge in [0.05, 0.1) is 0 Å². The predicted molar refractivity (Wildman–Crippen MR) is 61.6 cm³/mol. The Balaban J connectivity index is 2.83.